The highest BCUT2D eigenvalue weighted by Gasteiger charge is 2.41. The predicted octanol–water partition coefficient (Wildman–Crippen LogP) is 5.51. The van der Waals surface area contributed by atoms with Gasteiger partial charge in [-0.05, 0) is 54.6 Å². The van der Waals surface area contributed by atoms with Gasteiger partial charge in [-0.1, -0.05) is 47.5 Å². The standard InChI is InChI=1S/C24H23ClN2O2S/c1-16-4-10-19(11-5-16)27-22(28)13-12-20(23(27)21-3-2-14-30-21)24(29)26-15-17-6-8-18(25)9-7-17/h2-11,14,20,23H,12-13,15H2,1H3,(H,26,29)/t20-,23-/m0/s1. The predicted molar refractivity (Wildman–Crippen MR) is 122 cm³/mol. The smallest absolute Gasteiger partial charge is 0.227 e. The van der Waals surface area contributed by atoms with E-state index in [4.69, 9.17) is 11.6 Å². The zero-order valence-corrected chi connectivity index (χ0v) is 18.2. The van der Waals surface area contributed by atoms with Crippen molar-refractivity contribution in [2.24, 2.45) is 5.92 Å². The Hall–Kier alpha value is -2.63. The van der Waals surface area contributed by atoms with Crippen LogP contribution in [0.2, 0.25) is 5.02 Å². The Labute approximate surface area is 185 Å². The Bertz CT molecular complexity index is 1020. The van der Waals surface area contributed by atoms with Gasteiger partial charge in [-0.15, -0.1) is 11.3 Å². The highest BCUT2D eigenvalue weighted by molar-refractivity contribution is 7.10. The van der Waals surface area contributed by atoms with E-state index < -0.39 is 0 Å². The van der Waals surface area contributed by atoms with E-state index >= 15 is 0 Å². The molecule has 2 heterocycles. The summed E-state index contributed by atoms with van der Waals surface area (Å²) in [5.41, 5.74) is 2.95. The van der Waals surface area contributed by atoms with Gasteiger partial charge in [-0.3, -0.25) is 9.59 Å². The molecule has 6 heteroatoms. The van der Waals surface area contributed by atoms with E-state index in [1.54, 1.807) is 16.2 Å². The van der Waals surface area contributed by atoms with E-state index in [2.05, 4.69) is 5.32 Å². The summed E-state index contributed by atoms with van der Waals surface area (Å²) in [6.07, 6.45) is 0.894. The average Bonchev–Trinajstić information content (AvgIpc) is 3.28. The van der Waals surface area contributed by atoms with Crippen LogP contribution in [0.25, 0.3) is 0 Å². The van der Waals surface area contributed by atoms with Gasteiger partial charge in [0.15, 0.2) is 0 Å². The van der Waals surface area contributed by atoms with E-state index in [9.17, 15) is 9.59 Å². The maximum Gasteiger partial charge on any atom is 0.227 e. The van der Waals surface area contributed by atoms with Gasteiger partial charge < -0.3 is 10.2 Å². The van der Waals surface area contributed by atoms with E-state index in [-0.39, 0.29) is 23.8 Å². The fraction of sp³-hybridized carbons (Fsp3) is 0.250. The number of aryl methyl sites for hydroxylation is 1. The van der Waals surface area contributed by atoms with Crippen LogP contribution in [0.5, 0.6) is 0 Å². The molecule has 154 valence electrons. The van der Waals surface area contributed by atoms with Gasteiger partial charge in [0.2, 0.25) is 11.8 Å². The van der Waals surface area contributed by atoms with Gasteiger partial charge in [0.1, 0.15) is 0 Å². The number of halogens is 1. The molecule has 0 bridgehead atoms. The fourth-order valence-corrected chi connectivity index (χ4v) is 4.89. The first-order valence-electron chi connectivity index (χ1n) is 9.97. The Morgan fingerprint density at radius 3 is 2.53 bits per heavy atom. The number of carbonyl (C=O) groups is 2. The number of nitrogens with zero attached hydrogens (tertiary/aromatic N) is 1. The van der Waals surface area contributed by atoms with Crippen LogP contribution in [0.15, 0.2) is 66.0 Å². The summed E-state index contributed by atoms with van der Waals surface area (Å²) in [5, 5.41) is 5.72. The van der Waals surface area contributed by atoms with Crippen molar-refractivity contribution in [3.05, 3.63) is 87.1 Å². The van der Waals surface area contributed by atoms with Gasteiger partial charge in [-0.2, -0.15) is 0 Å². The third-order valence-corrected chi connectivity index (χ3v) is 6.66. The number of hydrogen-bond donors (Lipinski definition) is 1. The molecule has 2 aromatic carbocycles. The minimum Gasteiger partial charge on any atom is -0.352 e. The second kappa shape index (κ2) is 9.02. The summed E-state index contributed by atoms with van der Waals surface area (Å²) in [7, 11) is 0. The summed E-state index contributed by atoms with van der Waals surface area (Å²) in [4.78, 5) is 29.0. The molecule has 1 saturated heterocycles. The fourth-order valence-electron chi connectivity index (χ4n) is 3.88. The number of piperidine rings is 1. The molecule has 0 unspecified atom stereocenters. The lowest BCUT2D eigenvalue weighted by Crippen LogP contribution is -2.48. The first-order valence-corrected chi connectivity index (χ1v) is 11.2. The van der Waals surface area contributed by atoms with Gasteiger partial charge in [0, 0.05) is 28.6 Å². The summed E-state index contributed by atoms with van der Waals surface area (Å²) >= 11 is 7.53. The molecule has 1 aliphatic rings. The lowest BCUT2D eigenvalue weighted by Gasteiger charge is -2.40. The van der Waals surface area contributed by atoms with Crippen molar-refractivity contribution in [1.82, 2.24) is 5.32 Å². The normalized spacial score (nSPS) is 19.0. The van der Waals surface area contributed by atoms with E-state index in [0.717, 1.165) is 21.7 Å². The minimum absolute atomic E-state index is 0.0343. The molecule has 0 aliphatic carbocycles. The van der Waals surface area contributed by atoms with Crippen LogP contribution >= 0.6 is 22.9 Å². The number of thiophene rings is 1. The Kier molecular flexibility index (Phi) is 6.21. The van der Waals surface area contributed by atoms with Crippen molar-refractivity contribution in [3.8, 4) is 0 Å². The maximum absolute atomic E-state index is 13.2. The molecule has 2 amide bonds. The lowest BCUT2D eigenvalue weighted by atomic mass is 9.86. The zero-order valence-electron chi connectivity index (χ0n) is 16.7. The number of hydrogen-bond acceptors (Lipinski definition) is 3. The van der Waals surface area contributed by atoms with Crippen LogP contribution < -0.4 is 10.2 Å². The maximum atomic E-state index is 13.2. The van der Waals surface area contributed by atoms with Crippen molar-refractivity contribution < 1.29 is 9.59 Å². The highest BCUT2D eigenvalue weighted by Crippen LogP contribution is 2.41. The van der Waals surface area contributed by atoms with E-state index in [1.807, 2.05) is 73.0 Å². The van der Waals surface area contributed by atoms with Gasteiger partial charge in [-0.25, -0.2) is 0 Å². The summed E-state index contributed by atoms with van der Waals surface area (Å²) < 4.78 is 0. The molecule has 0 radical (unpaired) electrons. The second-order valence-corrected chi connectivity index (χ2v) is 8.96. The first kappa shape index (κ1) is 20.6. The summed E-state index contributed by atoms with van der Waals surface area (Å²) in [6.45, 7) is 2.45. The number of amides is 2. The van der Waals surface area contributed by atoms with Crippen molar-refractivity contribution in [2.75, 3.05) is 4.90 Å². The molecule has 30 heavy (non-hydrogen) atoms. The molecular weight excluding hydrogens is 416 g/mol. The second-order valence-electron chi connectivity index (χ2n) is 7.55. The number of rotatable bonds is 5. The first-order chi connectivity index (χ1) is 14.5. The molecule has 0 spiro atoms. The molecule has 1 aliphatic heterocycles. The van der Waals surface area contributed by atoms with Crippen molar-refractivity contribution >= 4 is 40.4 Å². The minimum atomic E-state index is -0.310. The van der Waals surface area contributed by atoms with Crippen LogP contribution in [0.3, 0.4) is 0 Å². The molecule has 4 rings (SSSR count). The van der Waals surface area contributed by atoms with E-state index in [1.165, 1.54) is 0 Å². The summed E-state index contributed by atoms with van der Waals surface area (Å²) in [5.74, 6) is -0.290. The highest BCUT2D eigenvalue weighted by atomic mass is 35.5. The van der Waals surface area contributed by atoms with Gasteiger partial charge in [0.25, 0.3) is 0 Å². The molecule has 2 atom stereocenters. The van der Waals surface area contributed by atoms with Gasteiger partial charge in [0.05, 0.1) is 12.0 Å². The number of carbonyl (C=O) groups excluding carboxylic acids is 2. The summed E-state index contributed by atoms with van der Waals surface area (Å²) in [6, 6.07) is 19.0. The molecule has 0 saturated carbocycles. The van der Waals surface area contributed by atoms with Crippen molar-refractivity contribution in [1.29, 1.82) is 0 Å². The average molecular weight is 439 g/mol. The van der Waals surface area contributed by atoms with Crippen molar-refractivity contribution in [3.63, 3.8) is 0 Å². The Balaban J connectivity index is 1.60. The number of nitrogens with one attached hydrogen (secondary N) is 1. The van der Waals surface area contributed by atoms with Crippen LogP contribution in [-0.2, 0) is 16.1 Å². The topological polar surface area (TPSA) is 49.4 Å². The van der Waals surface area contributed by atoms with Crippen LogP contribution in [-0.4, -0.2) is 11.8 Å². The monoisotopic (exact) mass is 438 g/mol. The van der Waals surface area contributed by atoms with Crippen molar-refractivity contribution in [2.45, 2.75) is 32.4 Å². The largest absolute Gasteiger partial charge is 0.352 e. The molecule has 1 N–H and O–H groups in total. The zero-order chi connectivity index (χ0) is 21.1. The van der Waals surface area contributed by atoms with Crippen LogP contribution in [0.4, 0.5) is 5.69 Å². The Morgan fingerprint density at radius 1 is 1.13 bits per heavy atom. The third kappa shape index (κ3) is 4.42. The third-order valence-electron chi connectivity index (χ3n) is 5.46. The van der Waals surface area contributed by atoms with E-state index in [0.29, 0.717) is 24.4 Å². The van der Waals surface area contributed by atoms with Gasteiger partial charge >= 0.3 is 0 Å². The number of anilines is 1. The van der Waals surface area contributed by atoms with Crippen LogP contribution in [0, 0.1) is 12.8 Å². The number of benzene rings is 2. The quantitative estimate of drug-likeness (QED) is 0.570. The molecular formula is C24H23ClN2O2S. The SMILES string of the molecule is Cc1ccc(N2C(=O)CC[C@H](C(=O)NCc3ccc(Cl)cc3)[C@H]2c2cccs2)cc1. The molecule has 1 fully saturated rings. The molecule has 1 aromatic heterocycles. The lowest BCUT2D eigenvalue weighted by molar-refractivity contribution is -0.129. The molecule has 4 nitrogen and oxygen atoms in total. The van der Waals surface area contributed by atoms with Crippen LogP contribution in [0.1, 0.15) is 34.9 Å². The Morgan fingerprint density at radius 2 is 1.87 bits per heavy atom. The molecule has 3 aromatic rings.